The lowest BCUT2D eigenvalue weighted by Gasteiger charge is -2.28. The highest BCUT2D eigenvalue weighted by Crippen LogP contribution is 2.15. The predicted molar refractivity (Wildman–Crippen MR) is 81.2 cm³/mol. The number of hydrogen-bond donors (Lipinski definition) is 0. The molecule has 102 valence electrons. The summed E-state index contributed by atoms with van der Waals surface area (Å²) in [7, 11) is 1.78. The molecule has 0 saturated carbocycles. The number of hydrogen-bond acceptors (Lipinski definition) is 2. The Balaban J connectivity index is 2.50. The molecule has 18 heavy (non-hydrogen) atoms. The molecule has 0 amide bonds. The van der Waals surface area contributed by atoms with Crippen molar-refractivity contribution in [1.82, 2.24) is 4.90 Å². The zero-order valence-electron chi connectivity index (χ0n) is 11.7. The van der Waals surface area contributed by atoms with Crippen molar-refractivity contribution in [3.05, 3.63) is 35.9 Å². The molecule has 1 aromatic rings. The van der Waals surface area contributed by atoms with Crippen LogP contribution in [0.1, 0.15) is 25.8 Å². The van der Waals surface area contributed by atoms with Gasteiger partial charge in [0.1, 0.15) is 0 Å². The van der Waals surface area contributed by atoms with Crippen molar-refractivity contribution in [2.75, 3.05) is 25.5 Å². The van der Waals surface area contributed by atoms with Crippen molar-refractivity contribution in [3.8, 4) is 0 Å². The van der Waals surface area contributed by atoms with Crippen LogP contribution in [0.25, 0.3) is 0 Å². The van der Waals surface area contributed by atoms with Crippen LogP contribution in [0.5, 0.6) is 0 Å². The van der Waals surface area contributed by atoms with Gasteiger partial charge in [0.2, 0.25) is 0 Å². The lowest BCUT2D eigenvalue weighted by Crippen LogP contribution is -2.33. The van der Waals surface area contributed by atoms with Gasteiger partial charge in [0.15, 0.2) is 0 Å². The van der Waals surface area contributed by atoms with E-state index in [0.717, 1.165) is 31.4 Å². The van der Waals surface area contributed by atoms with Gasteiger partial charge in [-0.05, 0) is 25.8 Å². The maximum absolute atomic E-state index is 5.48. The third-order valence-corrected chi connectivity index (χ3v) is 3.59. The van der Waals surface area contributed by atoms with Crippen molar-refractivity contribution < 1.29 is 4.74 Å². The molecule has 0 radical (unpaired) electrons. The normalized spacial score (nSPS) is 12.1. The first kappa shape index (κ1) is 15.7. The van der Waals surface area contributed by atoms with E-state index in [1.165, 1.54) is 5.56 Å². The third-order valence-electron chi connectivity index (χ3n) is 3.23. The second kappa shape index (κ2) is 7.93. The molecule has 1 aromatic carbocycles. The van der Waals surface area contributed by atoms with Crippen LogP contribution >= 0.6 is 15.9 Å². The molecule has 3 heteroatoms. The smallest absolute Gasteiger partial charge is 0.0634 e. The van der Waals surface area contributed by atoms with Gasteiger partial charge in [0.25, 0.3) is 0 Å². The van der Waals surface area contributed by atoms with E-state index in [-0.39, 0.29) is 5.60 Å². The maximum Gasteiger partial charge on any atom is 0.0634 e. The molecular formula is C15H24BrNO. The number of rotatable bonds is 8. The molecule has 0 aromatic heterocycles. The topological polar surface area (TPSA) is 12.5 Å². The lowest BCUT2D eigenvalue weighted by atomic mass is 10.0. The summed E-state index contributed by atoms with van der Waals surface area (Å²) in [6, 6.07) is 10.6. The quantitative estimate of drug-likeness (QED) is 0.679. The highest BCUT2D eigenvalue weighted by atomic mass is 79.9. The number of methoxy groups -OCH3 is 1. The predicted octanol–water partition coefficient (Wildman–Crippen LogP) is 3.70. The summed E-state index contributed by atoms with van der Waals surface area (Å²) in [5.41, 5.74) is 1.33. The minimum atomic E-state index is -0.0404. The Hall–Kier alpha value is -0.380. The Morgan fingerprint density at radius 3 is 2.39 bits per heavy atom. The van der Waals surface area contributed by atoms with Crippen LogP contribution < -0.4 is 0 Å². The summed E-state index contributed by atoms with van der Waals surface area (Å²) in [4.78, 5) is 2.46. The number of nitrogens with zero attached hydrogens (tertiary/aromatic N) is 1. The zero-order chi connectivity index (χ0) is 13.4. The van der Waals surface area contributed by atoms with Gasteiger partial charge < -0.3 is 4.74 Å². The third kappa shape index (κ3) is 5.98. The van der Waals surface area contributed by atoms with E-state index in [0.29, 0.717) is 0 Å². The summed E-state index contributed by atoms with van der Waals surface area (Å²) in [5.74, 6) is 0. The van der Waals surface area contributed by atoms with Gasteiger partial charge >= 0.3 is 0 Å². The minimum absolute atomic E-state index is 0.0404. The van der Waals surface area contributed by atoms with Crippen molar-refractivity contribution in [1.29, 1.82) is 0 Å². The van der Waals surface area contributed by atoms with Gasteiger partial charge in [0.05, 0.1) is 5.60 Å². The zero-order valence-corrected chi connectivity index (χ0v) is 13.2. The number of alkyl halides is 1. The van der Waals surface area contributed by atoms with Gasteiger partial charge in [-0.1, -0.05) is 46.3 Å². The van der Waals surface area contributed by atoms with Gasteiger partial charge in [-0.15, -0.1) is 0 Å². The fraction of sp³-hybridized carbons (Fsp3) is 0.600. The fourth-order valence-corrected chi connectivity index (χ4v) is 2.26. The van der Waals surface area contributed by atoms with E-state index >= 15 is 0 Å². The average molecular weight is 314 g/mol. The molecule has 0 aliphatic heterocycles. The standard InChI is InChI=1S/C15H24BrNO/c1-15(2,18-3)9-11-17(12-10-16)13-14-7-5-4-6-8-14/h4-8H,9-13H2,1-3H3. The van der Waals surface area contributed by atoms with Crippen molar-refractivity contribution in [2.45, 2.75) is 32.4 Å². The molecule has 0 N–H and O–H groups in total. The van der Waals surface area contributed by atoms with Crippen molar-refractivity contribution in [2.24, 2.45) is 0 Å². The number of ether oxygens (including phenoxy) is 1. The molecule has 0 aliphatic carbocycles. The summed E-state index contributed by atoms with van der Waals surface area (Å²) < 4.78 is 5.48. The Morgan fingerprint density at radius 2 is 1.83 bits per heavy atom. The first-order valence-corrected chi connectivity index (χ1v) is 7.57. The van der Waals surface area contributed by atoms with E-state index in [1.54, 1.807) is 7.11 Å². The maximum atomic E-state index is 5.48. The van der Waals surface area contributed by atoms with Gasteiger partial charge in [-0.2, -0.15) is 0 Å². The summed E-state index contributed by atoms with van der Waals surface area (Å²) in [6.45, 7) is 7.41. The van der Waals surface area contributed by atoms with Crippen LogP contribution in [0.4, 0.5) is 0 Å². The van der Waals surface area contributed by atoms with Crippen LogP contribution in [0.3, 0.4) is 0 Å². The van der Waals surface area contributed by atoms with E-state index in [2.05, 4.69) is 65.0 Å². The number of halogens is 1. The second-order valence-corrected chi connectivity index (χ2v) is 5.96. The molecule has 0 heterocycles. The first-order valence-electron chi connectivity index (χ1n) is 6.45. The largest absolute Gasteiger partial charge is 0.379 e. The van der Waals surface area contributed by atoms with Crippen LogP contribution in [0, 0.1) is 0 Å². The highest BCUT2D eigenvalue weighted by Gasteiger charge is 2.17. The van der Waals surface area contributed by atoms with E-state index < -0.39 is 0 Å². The molecule has 0 bridgehead atoms. The molecule has 0 unspecified atom stereocenters. The van der Waals surface area contributed by atoms with Gasteiger partial charge in [-0.25, -0.2) is 0 Å². The van der Waals surface area contributed by atoms with Gasteiger partial charge in [-0.3, -0.25) is 4.90 Å². The highest BCUT2D eigenvalue weighted by molar-refractivity contribution is 9.09. The van der Waals surface area contributed by atoms with E-state index in [1.807, 2.05) is 0 Å². The minimum Gasteiger partial charge on any atom is -0.379 e. The summed E-state index contributed by atoms with van der Waals surface area (Å²) in [6.07, 6.45) is 1.04. The molecule has 2 nitrogen and oxygen atoms in total. The molecule has 1 rings (SSSR count). The van der Waals surface area contributed by atoms with Crippen molar-refractivity contribution >= 4 is 15.9 Å². The van der Waals surface area contributed by atoms with E-state index in [4.69, 9.17) is 4.74 Å². The lowest BCUT2D eigenvalue weighted by molar-refractivity contribution is 0.00728. The molecular weight excluding hydrogens is 290 g/mol. The first-order chi connectivity index (χ1) is 8.57. The second-order valence-electron chi connectivity index (χ2n) is 5.16. The van der Waals surface area contributed by atoms with Gasteiger partial charge in [0, 0.05) is 32.1 Å². The molecule has 0 fully saturated rings. The summed E-state index contributed by atoms with van der Waals surface area (Å²) in [5, 5.41) is 1.01. The SMILES string of the molecule is COC(C)(C)CCN(CCBr)Cc1ccccc1. The Bertz CT molecular complexity index is 327. The number of benzene rings is 1. The molecule has 0 aliphatic rings. The molecule has 0 spiro atoms. The monoisotopic (exact) mass is 313 g/mol. The average Bonchev–Trinajstić information content (AvgIpc) is 2.38. The Morgan fingerprint density at radius 1 is 1.17 bits per heavy atom. The summed E-state index contributed by atoms with van der Waals surface area (Å²) >= 11 is 3.53. The van der Waals surface area contributed by atoms with Crippen LogP contribution in [0.2, 0.25) is 0 Å². The van der Waals surface area contributed by atoms with E-state index in [9.17, 15) is 0 Å². The fourth-order valence-electron chi connectivity index (χ4n) is 1.76. The Labute approximate surface area is 119 Å². The van der Waals surface area contributed by atoms with Crippen LogP contribution in [-0.4, -0.2) is 36.0 Å². The molecule has 0 saturated heterocycles. The van der Waals surface area contributed by atoms with Crippen LogP contribution in [0.15, 0.2) is 30.3 Å². The van der Waals surface area contributed by atoms with Crippen LogP contribution in [-0.2, 0) is 11.3 Å². The van der Waals surface area contributed by atoms with Crippen molar-refractivity contribution in [3.63, 3.8) is 0 Å². The molecule has 0 atom stereocenters. The Kier molecular flexibility index (Phi) is 6.90.